The zero-order chi connectivity index (χ0) is 15.8. The van der Waals surface area contributed by atoms with Gasteiger partial charge in [-0.3, -0.25) is 4.79 Å². The predicted molar refractivity (Wildman–Crippen MR) is 92.0 cm³/mol. The van der Waals surface area contributed by atoms with Crippen LogP contribution in [0, 0.1) is 0 Å². The third-order valence-electron chi connectivity index (χ3n) is 4.60. The summed E-state index contributed by atoms with van der Waals surface area (Å²) in [6, 6.07) is 10.4. The van der Waals surface area contributed by atoms with E-state index in [-0.39, 0.29) is 5.91 Å². The Balaban J connectivity index is 1.62. The lowest BCUT2D eigenvalue weighted by Crippen LogP contribution is -2.55. The zero-order valence-electron chi connectivity index (χ0n) is 13.7. The van der Waals surface area contributed by atoms with Crippen LogP contribution in [0.1, 0.15) is 44.9 Å². The zero-order valence-corrected chi connectivity index (χ0v) is 13.7. The number of anilines is 1. The number of para-hydroxylation sites is 1. The van der Waals surface area contributed by atoms with Gasteiger partial charge in [-0.2, -0.15) is 0 Å². The van der Waals surface area contributed by atoms with Crippen molar-refractivity contribution in [3.8, 4) is 0 Å². The van der Waals surface area contributed by atoms with Gasteiger partial charge in [0.1, 0.15) is 0 Å². The Morgan fingerprint density at radius 2 is 1.86 bits per heavy atom. The smallest absolute Gasteiger partial charge is 0.240 e. The number of amides is 1. The number of carbonyl (C=O) groups excluding carboxylic acids is 1. The monoisotopic (exact) mass is 303 g/mol. The second kappa shape index (κ2) is 8.18. The third-order valence-corrected chi connectivity index (χ3v) is 4.60. The first kappa shape index (κ1) is 16.8. The molecule has 1 aliphatic rings. The number of nitrogens with one attached hydrogen (secondary N) is 1. The van der Waals surface area contributed by atoms with Gasteiger partial charge in [0.05, 0.1) is 5.54 Å². The summed E-state index contributed by atoms with van der Waals surface area (Å²) in [5, 5.41) is 3.02. The normalized spacial score (nSPS) is 17.0. The highest BCUT2D eigenvalue weighted by atomic mass is 16.2. The van der Waals surface area contributed by atoms with Crippen molar-refractivity contribution in [1.29, 1.82) is 0 Å². The molecule has 1 saturated carbocycles. The molecule has 1 aromatic carbocycles. The Morgan fingerprint density at radius 1 is 1.18 bits per heavy atom. The number of hydrogen-bond acceptors (Lipinski definition) is 3. The van der Waals surface area contributed by atoms with Crippen molar-refractivity contribution >= 4 is 11.6 Å². The summed E-state index contributed by atoms with van der Waals surface area (Å²) >= 11 is 0. The predicted octanol–water partition coefficient (Wildman–Crippen LogP) is 2.68. The van der Waals surface area contributed by atoms with E-state index in [9.17, 15) is 4.79 Å². The van der Waals surface area contributed by atoms with Crippen LogP contribution in [-0.2, 0) is 4.79 Å². The summed E-state index contributed by atoms with van der Waals surface area (Å²) in [6.45, 7) is 1.72. The minimum absolute atomic E-state index is 0.0450. The van der Waals surface area contributed by atoms with Gasteiger partial charge in [-0.1, -0.05) is 37.5 Å². The number of nitrogens with two attached hydrogens (primary N) is 1. The van der Waals surface area contributed by atoms with Crippen LogP contribution in [0.3, 0.4) is 0 Å². The molecule has 4 nitrogen and oxygen atoms in total. The molecule has 1 aromatic rings. The Kier molecular flexibility index (Phi) is 6.25. The molecule has 22 heavy (non-hydrogen) atoms. The summed E-state index contributed by atoms with van der Waals surface area (Å²) in [4.78, 5) is 14.4. The Morgan fingerprint density at radius 3 is 2.55 bits per heavy atom. The third kappa shape index (κ3) is 4.73. The van der Waals surface area contributed by atoms with E-state index < -0.39 is 5.54 Å². The Bertz CT molecular complexity index is 455. The molecule has 0 atom stereocenters. The molecule has 1 fully saturated rings. The van der Waals surface area contributed by atoms with Crippen LogP contribution in [-0.4, -0.2) is 31.6 Å². The first-order valence-corrected chi connectivity index (χ1v) is 8.45. The van der Waals surface area contributed by atoms with Gasteiger partial charge in [-0.15, -0.1) is 0 Å². The van der Waals surface area contributed by atoms with Crippen LogP contribution in [0.4, 0.5) is 5.69 Å². The highest BCUT2D eigenvalue weighted by molar-refractivity contribution is 5.86. The average molecular weight is 303 g/mol. The lowest BCUT2D eigenvalue weighted by molar-refractivity contribution is -0.127. The second-order valence-electron chi connectivity index (χ2n) is 6.44. The number of unbranched alkanes of at least 4 members (excludes halogenated alkanes) is 1. The van der Waals surface area contributed by atoms with Crippen molar-refractivity contribution in [2.45, 2.75) is 50.5 Å². The number of rotatable bonds is 7. The van der Waals surface area contributed by atoms with Crippen molar-refractivity contribution < 1.29 is 4.79 Å². The molecular weight excluding hydrogens is 274 g/mol. The quantitative estimate of drug-likeness (QED) is 0.761. The van der Waals surface area contributed by atoms with Gasteiger partial charge in [0.15, 0.2) is 0 Å². The summed E-state index contributed by atoms with van der Waals surface area (Å²) in [7, 11) is 2.10. The molecule has 2 rings (SSSR count). The van der Waals surface area contributed by atoms with E-state index in [0.717, 1.165) is 51.6 Å². The summed E-state index contributed by atoms with van der Waals surface area (Å²) in [5.74, 6) is 0.0450. The lowest BCUT2D eigenvalue weighted by atomic mass is 9.82. The minimum Gasteiger partial charge on any atom is -0.375 e. The standard InChI is InChI=1S/C18H29N3O/c1-21(16-10-4-2-5-11-16)15-9-8-14-20-17(22)18(19)12-6-3-7-13-18/h2,4-5,10-11H,3,6-9,12-15,19H2,1H3,(H,20,22). The fourth-order valence-electron chi connectivity index (χ4n) is 3.07. The Hall–Kier alpha value is -1.55. The van der Waals surface area contributed by atoms with Gasteiger partial charge < -0.3 is 16.0 Å². The fourth-order valence-corrected chi connectivity index (χ4v) is 3.07. The molecule has 4 heteroatoms. The van der Waals surface area contributed by atoms with E-state index in [2.05, 4.69) is 41.5 Å². The molecule has 0 heterocycles. The number of hydrogen-bond donors (Lipinski definition) is 2. The van der Waals surface area contributed by atoms with Crippen LogP contribution in [0.25, 0.3) is 0 Å². The van der Waals surface area contributed by atoms with Gasteiger partial charge in [0.2, 0.25) is 5.91 Å². The molecule has 0 saturated heterocycles. The van der Waals surface area contributed by atoms with E-state index in [1.54, 1.807) is 0 Å². The molecule has 0 aliphatic heterocycles. The van der Waals surface area contributed by atoms with Crippen LogP contribution in [0.2, 0.25) is 0 Å². The summed E-state index contributed by atoms with van der Waals surface area (Å²) in [5.41, 5.74) is 6.84. The maximum Gasteiger partial charge on any atom is 0.240 e. The van der Waals surface area contributed by atoms with Crippen molar-refractivity contribution in [3.05, 3.63) is 30.3 Å². The topological polar surface area (TPSA) is 58.4 Å². The van der Waals surface area contributed by atoms with Gasteiger partial charge in [-0.05, 0) is 37.8 Å². The van der Waals surface area contributed by atoms with Gasteiger partial charge >= 0.3 is 0 Å². The molecule has 0 radical (unpaired) electrons. The van der Waals surface area contributed by atoms with Crippen LogP contribution in [0.15, 0.2) is 30.3 Å². The first-order chi connectivity index (χ1) is 10.6. The summed E-state index contributed by atoms with van der Waals surface area (Å²) in [6.07, 6.45) is 7.06. The molecule has 1 amide bonds. The number of benzene rings is 1. The van der Waals surface area contributed by atoms with Gasteiger partial charge in [0.25, 0.3) is 0 Å². The average Bonchev–Trinajstić information content (AvgIpc) is 2.55. The van der Waals surface area contributed by atoms with Crippen LogP contribution < -0.4 is 16.0 Å². The van der Waals surface area contributed by atoms with Crippen molar-refractivity contribution in [2.75, 3.05) is 25.0 Å². The van der Waals surface area contributed by atoms with Crippen molar-refractivity contribution in [2.24, 2.45) is 5.73 Å². The van der Waals surface area contributed by atoms with E-state index in [1.807, 2.05) is 6.07 Å². The SMILES string of the molecule is CN(CCCCNC(=O)C1(N)CCCCC1)c1ccccc1. The van der Waals surface area contributed by atoms with Crippen LogP contribution >= 0.6 is 0 Å². The van der Waals surface area contributed by atoms with E-state index in [1.165, 1.54) is 12.1 Å². The van der Waals surface area contributed by atoms with Crippen molar-refractivity contribution in [3.63, 3.8) is 0 Å². The molecule has 0 bridgehead atoms. The maximum atomic E-state index is 12.2. The number of nitrogens with zero attached hydrogens (tertiary/aromatic N) is 1. The molecule has 0 unspecified atom stereocenters. The molecule has 0 spiro atoms. The largest absolute Gasteiger partial charge is 0.375 e. The first-order valence-electron chi connectivity index (χ1n) is 8.45. The summed E-state index contributed by atoms with van der Waals surface area (Å²) < 4.78 is 0. The van der Waals surface area contributed by atoms with E-state index in [0.29, 0.717) is 0 Å². The number of carbonyl (C=O) groups is 1. The molecular formula is C18H29N3O. The lowest BCUT2D eigenvalue weighted by Gasteiger charge is -2.31. The van der Waals surface area contributed by atoms with Crippen molar-refractivity contribution in [1.82, 2.24) is 5.32 Å². The van der Waals surface area contributed by atoms with Crippen LogP contribution in [0.5, 0.6) is 0 Å². The fraction of sp³-hybridized carbons (Fsp3) is 0.611. The minimum atomic E-state index is -0.612. The maximum absolute atomic E-state index is 12.2. The second-order valence-corrected chi connectivity index (χ2v) is 6.44. The van der Waals surface area contributed by atoms with Gasteiger partial charge in [-0.25, -0.2) is 0 Å². The van der Waals surface area contributed by atoms with E-state index in [4.69, 9.17) is 5.73 Å². The highest BCUT2D eigenvalue weighted by Gasteiger charge is 2.34. The molecule has 0 aromatic heterocycles. The Labute approximate surface area is 134 Å². The molecule has 122 valence electrons. The highest BCUT2D eigenvalue weighted by Crippen LogP contribution is 2.25. The molecule has 1 aliphatic carbocycles. The van der Waals surface area contributed by atoms with E-state index >= 15 is 0 Å². The van der Waals surface area contributed by atoms with Gasteiger partial charge in [0, 0.05) is 25.8 Å². The molecule has 3 N–H and O–H groups in total.